The summed E-state index contributed by atoms with van der Waals surface area (Å²) < 4.78 is 39.6. The van der Waals surface area contributed by atoms with Gasteiger partial charge in [-0.2, -0.15) is 13.2 Å². The third kappa shape index (κ3) is 5.45. The summed E-state index contributed by atoms with van der Waals surface area (Å²) in [6.07, 6.45) is -2.75. The van der Waals surface area contributed by atoms with Gasteiger partial charge < -0.3 is 10.6 Å². The molecule has 1 aromatic carbocycles. The molecule has 5 nitrogen and oxygen atoms in total. The smallest absolute Gasteiger partial charge is 0.356 e. The molecule has 144 valence electrons. The van der Waals surface area contributed by atoms with Crippen molar-refractivity contribution in [3.63, 3.8) is 0 Å². The van der Waals surface area contributed by atoms with E-state index >= 15 is 0 Å². The molecule has 1 saturated heterocycles. The second-order valence-corrected chi connectivity index (χ2v) is 6.34. The van der Waals surface area contributed by atoms with Crippen LogP contribution >= 0.6 is 0 Å². The molecule has 1 aliphatic rings. The standard InChI is InChI=1S/C18H24F3N3O2/c1-2-3-8-22-16(25)11-15-17(26)23-9-10-24(15)12-13-6-4-5-7-14(13)18(19,20)21/h4-7,15H,2-3,8-12H2,1H3,(H,22,25)(H,23,26)/t15-/m0/s1. The molecule has 8 heteroatoms. The second kappa shape index (κ2) is 9.02. The van der Waals surface area contributed by atoms with Crippen LogP contribution in [0.15, 0.2) is 24.3 Å². The number of nitrogens with zero attached hydrogens (tertiary/aromatic N) is 1. The first kappa shape index (κ1) is 20.2. The van der Waals surface area contributed by atoms with Gasteiger partial charge in [-0.25, -0.2) is 0 Å². The Morgan fingerprint density at radius 1 is 1.35 bits per heavy atom. The number of benzene rings is 1. The Balaban J connectivity index is 2.11. The summed E-state index contributed by atoms with van der Waals surface area (Å²) in [6, 6.07) is 4.56. The quantitative estimate of drug-likeness (QED) is 0.723. The fourth-order valence-corrected chi connectivity index (χ4v) is 2.98. The summed E-state index contributed by atoms with van der Waals surface area (Å²) in [5.74, 6) is -0.596. The maximum atomic E-state index is 13.2. The third-order valence-corrected chi connectivity index (χ3v) is 4.37. The highest BCUT2D eigenvalue weighted by Crippen LogP contribution is 2.32. The monoisotopic (exact) mass is 371 g/mol. The van der Waals surface area contributed by atoms with Crippen LogP contribution in [0.25, 0.3) is 0 Å². The lowest BCUT2D eigenvalue weighted by Gasteiger charge is -2.35. The lowest BCUT2D eigenvalue weighted by atomic mass is 10.0. The number of carbonyl (C=O) groups excluding carboxylic acids is 2. The predicted molar refractivity (Wildman–Crippen MR) is 91.2 cm³/mol. The van der Waals surface area contributed by atoms with Crippen molar-refractivity contribution in [2.24, 2.45) is 0 Å². The van der Waals surface area contributed by atoms with Crippen molar-refractivity contribution >= 4 is 11.8 Å². The minimum atomic E-state index is -4.46. The highest BCUT2D eigenvalue weighted by Gasteiger charge is 2.36. The van der Waals surface area contributed by atoms with Gasteiger partial charge in [0.1, 0.15) is 0 Å². The molecular weight excluding hydrogens is 347 g/mol. The van der Waals surface area contributed by atoms with Gasteiger partial charge >= 0.3 is 6.18 Å². The number of nitrogens with one attached hydrogen (secondary N) is 2. The normalized spacial score (nSPS) is 18.5. The number of amides is 2. The molecule has 0 radical (unpaired) electrons. The number of carbonyl (C=O) groups is 2. The molecule has 0 spiro atoms. The van der Waals surface area contributed by atoms with Gasteiger partial charge in [-0.05, 0) is 18.1 Å². The Labute approximate surface area is 150 Å². The van der Waals surface area contributed by atoms with E-state index < -0.39 is 17.8 Å². The van der Waals surface area contributed by atoms with E-state index in [1.54, 1.807) is 11.0 Å². The molecule has 1 aliphatic heterocycles. The molecule has 0 saturated carbocycles. The van der Waals surface area contributed by atoms with E-state index in [0.29, 0.717) is 19.6 Å². The average molecular weight is 371 g/mol. The maximum Gasteiger partial charge on any atom is 0.416 e. The van der Waals surface area contributed by atoms with Gasteiger partial charge in [-0.15, -0.1) is 0 Å². The molecule has 2 rings (SSSR count). The first-order chi connectivity index (χ1) is 12.3. The zero-order valence-electron chi connectivity index (χ0n) is 14.7. The average Bonchev–Trinajstić information content (AvgIpc) is 2.58. The minimum Gasteiger partial charge on any atom is -0.356 e. The largest absolute Gasteiger partial charge is 0.416 e. The molecule has 1 fully saturated rings. The number of piperazine rings is 1. The van der Waals surface area contributed by atoms with Crippen molar-refractivity contribution in [2.75, 3.05) is 19.6 Å². The van der Waals surface area contributed by atoms with Gasteiger partial charge in [-0.1, -0.05) is 31.5 Å². The summed E-state index contributed by atoms with van der Waals surface area (Å²) in [5.41, 5.74) is -0.608. The van der Waals surface area contributed by atoms with Crippen molar-refractivity contribution < 1.29 is 22.8 Å². The molecule has 1 aromatic rings. The zero-order valence-corrected chi connectivity index (χ0v) is 14.7. The summed E-state index contributed by atoms with van der Waals surface area (Å²) in [5, 5.41) is 5.43. The molecular formula is C18H24F3N3O2. The molecule has 1 heterocycles. The van der Waals surface area contributed by atoms with Crippen molar-refractivity contribution in [1.82, 2.24) is 15.5 Å². The third-order valence-electron chi connectivity index (χ3n) is 4.37. The molecule has 2 N–H and O–H groups in total. The number of hydrogen-bond donors (Lipinski definition) is 2. The van der Waals surface area contributed by atoms with Crippen LogP contribution < -0.4 is 10.6 Å². The summed E-state index contributed by atoms with van der Waals surface area (Å²) in [4.78, 5) is 25.9. The van der Waals surface area contributed by atoms with E-state index in [4.69, 9.17) is 0 Å². The molecule has 1 atom stereocenters. The van der Waals surface area contributed by atoms with Crippen LogP contribution in [-0.4, -0.2) is 42.4 Å². The van der Waals surface area contributed by atoms with Gasteiger partial charge in [0.25, 0.3) is 0 Å². The number of unbranched alkanes of at least 4 members (excludes halogenated alkanes) is 1. The van der Waals surface area contributed by atoms with Crippen LogP contribution in [0.4, 0.5) is 13.2 Å². The maximum absolute atomic E-state index is 13.2. The molecule has 0 bridgehead atoms. The van der Waals surface area contributed by atoms with E-state index in [9.17, 15) is 22.8 Å². The van der Waals surface area contributed by atoms with E-state index in [0.717, 1.165) is 18.9 Å². The van der Waals surface area contributed by atoms with E-state index in [-0.39, 0.29) is 30.3 Å². The summed E-state index contributed by atoms with van der Waals surface area (Å²) >= 11 is 0. The number of rotatable bonds is 7. The first-order valence-electron chi connectivity index (χ1n) is 8.76. The van der Waals surface area contributed by atoms with E-state index in [1.807, 2.05) is 6.92 Å². The molecule has 0 aromatic heterocycles. The van der Waals surface area contributed by atoms with Crippen LogP contribution in [0.2, 0.25) is 0 Å². The lowest BCUT2D eigenvalue weighted by Crippen LogP contribution is -2.56. The van der Waals surface area contributed by atoms with E-state index in [2.05, 4.69) is 10.6 Å². The van der Waals surface area contributed by atoms with E-state index in [1.165, 1.54) is 12.1 Å². The topological polar surface area (TPSA) is 61.4 Å². The Kier molecular flexibility index (Phi) is 7.02. The number of hydrogen-bond acceptors (Lipinski definition) is 3. The summed E-state index contributed by atoms with van der Waals surface area (Å²) in [6.45, 7) is 3.24. The Bertz CT molecular complexity index is 634. The van der Waals surface area contributed by atoms with Gasteiger partial charge in [0.15, 0.2) is 0 Å². The van der Waals surface area contributed by atoms with Gasteiger partial charge in [0, 0.05) is 26.2 Å². The van der Waals surface area contributed by atoms with Crippen LogP contribution in [0.5, 0.6) is 0 Å². The SMILES string of the molecule is CCCCNC(=O)C[C@H]1C(=O)NCCN1Cc1ccccc1C(F)(F)F. The van der Waals surface area contributed by atoms with Crippen LogP contribution in [-0.2, 0) is 22.3 Å². The Morgan fingerprint density at radius 2 is 2.08 bits per heavy atom. The zero-order chi connectivity index (χ0) is 19.2. The van der Waals surface area contributed by atoms with Gasteiger partial charge in [-0.3, -0.25) is 14.5 Å². The fraction of sp³-hybridized carbons (Fsp3) is 0.556. The van der Waals surface area contributed by atoms with Crippen molar-refractivity contribution in [3.8, 4) is 0 Å². The van der Waals surface area contributed by atoms with Gasteiger partial charge in [0.05, 0.1) is 18.0 Å². The second-order valence-electron chi connectivity index (χ2n) is 6.34. The van der Waals surface area contributed by atoms with Crippen molar-refractivity contribution in [3.05, 3.63) is 35.4 Å². The van der Waals surface area contributed by atoms with Crippen molar-refractivity contribution in [2.45, 2.75) is 44.9 Å². The highest BCUT2D eigenvalue weighted by atomic mass is 19.4. The molecule has 2 amide bonds. The lowest BCUT2D eigenvalue weighted by molar-refractivity contribution is -0.139. The predicted octanol–water partition coefficient (Wildman–Crippen LogP) is 2.31. The molecule has 0 aliphatic carbocycles. The number of halogens is 3. The fourth-order valence-electron chi connectivity index (χ4n) is 2.98. The van der Waals surface area contributed by atoms with Crippen LogP contribution in [0, 0.1) is 0 Å². The van der Waals surface area contributed by atoms with Crippen LogP contribution in [0.1, 0.15) is 37.3 Å². The first-order valence-corrected chi connectivity index (χ1v) is 8.76. The minimum absolute atomic E-state index is 0.0317. The Hall–Kier alpha value is -2.09. The highest BCUT2D eigenvalue weighted by molar-refractivity contribution is 5.88. The number of alkyl halides is 3. The van der Waals surface area contributed by atoms with Gasteiger partial charge in [0.2, 0.25) is 11.8 Å². The van der Waals surface area contributed by atoms with Crippen molar-refractivity contribution in [1.29, 1.82) is 0 Å². The van der Waals surface area contributed by atoms with Crippen LogP contribution in [0.3, 0.4) is 0 Å². The Morgan fingerprint density at radius 3 is 2.77 bits per heavy atom. The summed E-state index contributed by atoms with van der Waals surface area (Å²) in [7, 11) is 0. The molecule has 26 heavy (non-hydrogen) atoms. The molecule has 0 unspecified atom stereocenters.